The van der Waals surface area contributed by atoms with Gasteiger partial charge in [0.05, 0.1) is 0 Å². The van der Waals surface area contributed by atoms with Gasteiger partial charge in [0.15, 0.2) is 0 Å². The Labute approximate surface area is 112 Å². The van der Waals surface area contributed by atoms with Crippen molar-refractivity contribution in [2.75, 3.05) is 11.4 Å². The lowest BCUT2D eigenvalue weighted by Gasteiger charge is -2.40. The summed E-state index contributed by atoms with van der Waals surface area (Å²) in [5.41, 5.74) is 8.24. The van der Waals surface area contributed by atoms with Gasteiger partial charge < -0.3 is 10.6 Å². The maximum atomic E-state index is 5.74. The van der Waals surface area contributed by atoms with Crippen molar-refractivity contribution in [2.24, 2.45) is 11.7 Å². The van der Waals surface area contributed by atoms with Crippen LogP contribution in [-0.2, 0) is 6.54 Å². The summed E-state index contributed by atoms with van der Waals surface area (Å²) >= 11 is 3.57. The van der Waals surface area contributed by atoms with Crippen LogP contribution in [0.5, 0.6) is 0 Å². The smallest absolute Gasteiger partial charge is 0.0383 e. The summed E-state index contributed by atoms with van der Waals surface area (Å²) in [6.07, 6.45) is 2.63. The van der Waals surface area contributed by atoms with E-state index in [4.69, 9.17) is 5.73 Å². The summed E-state index contributed by atoms with van der Waals surface area (Å²) in [4.78, 5) is 2.51. The van der Waals surface area contributed by atoms with Crippen LogP contribution in [0.3, 0.4) is 0 Å². The minimum atomic E-state index is 0.601. The van der Waals surface area contributed by atoms with E-state index in [0.29, 0.717) is 12.6 Å². The molecule has 1 aromatic rings. The fourth-order valence-corrected chi connectivity index (χ4v) is 3.15. The number of hydrogen-bond donors (Lipinski definition) is 1. The van der Waals surface area contributed by atoms with Gasteiger partial charge in [0.25, 0.3) is 0 Å². The van der Waals surface area contributed by atoms with E-state index in [2.05, 4.69) is 52.9 Å². The van der Waals surface area contributed by atoms with Gasteiger partial charge in [-0.2, -0.15) is 0 Å². The number of hydrogen-bond acceptors (Lipinski definition) is 2. The van der Waals surface area contributed by atoms with Crippen LogP contribution in [-0.4, -0.2) is 12.6 Å². The van der Waals surface area contributed by atoms with Crippen LogP contribution in [0.15, 0.2) is 22.7 Å². The molecule has 0 saturated carbocycles. The second kappa shape index (κ2) is 5.40. The van der Waals surface area contributed by atoms with Crippen molar-refractivity contribution in [3.8, 4) is 0 Å². The van der Waals surface area contributed by atoms with Gasteiger partial charge in [0.2, 0.25) is 0 Å². The molecule has 2 nitrogen and oxygen atoms in total. The monoisotopic (exact) mass is 296 g/mol. The Morgan fingerprint density at radius 1 is 1.35 bits per heavy atom. The first-order valence-electron chi connectivity index (χ1n) is 6.38. The molecule has 17 heavy (non-hydrogen) atoms. The van der Waals surface area contributed by atoms with Gasteiger partial charge in [0, 0.05) is 29.3 Å². The van der Waals surface area contributed by atoms with Crippen molar-refractivity contribution in [3.63, 3.8) is 0 Å². The summed E-state index contributed by atoms with van der Waals surface area (Å²) in [6, 6.07) is 7.14. The highest BCUT2D eigenvalue weighted by Crippen LogP contribution is 2.30. The van der Waals surface area contributed by atoms with E-state index < -0.39 is 0 Å². The predicted molar refractivity (Wildman–Crippen MR) is 77.2 cm³/mol. The second-order valence-corrected chi connectivity index (χ2v) is 5.99. The number of benzene rings is 1. The Morgan fingerprint density at radius 2 is 2.12 bits per heavy atom. The molecule has 1 aromatic carbocycles. The molecule has 0 spiro atoms. The Hall–Kier alpha value is -0.540. The van der Waals surface area contributed by atoms with Crippen LogP contribution in [0.4, 0.5) is 5.69 Å². The molecule has 0 bridgehead atoms. The summed E-state index contributed by atoms with van der Waals surface area (Å²) < 4.78 is 1.13. The standard InChI is InChI=1S/C14H21BrN2/c1-10-4-3-5-17(11(10)2)14-7-12(9-16)6-13(15)8-14/h6-8,10-11H,3-5,9,16H2,1-2H3. The fourth-order valence-electron chi connectivity index (χ4n) is 2.62. The highest BCUT2D eigenvalue weighted by Gasteiger charge is 2.25. The minimum absolute atomic E-state index is 0.601. The van der Waals surface area contributed by atoms with Gasteiger partial charge in [-0.1, -0.05) is 22.9 Å². The molecule has 1 fully saturated rings. The van der Waals surface area contributed by atoms with Crippen LogP contribution < -0.4 is 10.6 Å². The summed E-state index contributed by atoms with van der Waals surface area (Å²) in [7, 11) is 0. The molecule has 94 valence electrons. The van der Waals surface area contributed by atoms with Gasteiger partial charge in [-0.15, -0.1) is 0 Å². The molecule has 0 aromatic heterocycles. The highest BCUT2D eigenvalue weighted by atomic mass is 79.9. The summed E-state index contributed by atoms with van der Waals surface area (Å²) in [5, 5.41) is 0. The predicted octanol–water partition coefficient (Wildman–Crippen LogP) is 3.53. The number of anilines is 1. The molecule has 0 aliphatic carbocycles. The van der Waals surface area contributed by atoms with Gasteiger partial charge in [-0.25, -0.2) is 0 Å². The molecule has 1 aliphatic heterocycles. The van der Waals surface area contributed by atoms with Crippen LogP contribution in [0.2, 0.25) is 0 Å². The lowest BCUT2D eigenvalue weighted by Crippen LogP contribution is -2.42. The van der Waals surface area contributed by atoms with Crippen molar-refractivity contribution in [1.82, 2.24) is 0 Å². The molecule has 2 rings (SSSR count). The molecule has 1 saturated heterocycles. The zero-order valence-corrected chi connectivity index (χ0v) is 12.2. The number of nitrogens with zero attached hydrogens (tertiary/aromatic N) is 1. The summed E-state index contributed by atoms with van der Waals surface area (Å²) in [6.45, 7) is 6.43. The van der Waals surface area contributed by atoms with Crippen LogP contribution in [0, 0.1) is 5.92 Å². The number of rotatable bonds is 2. The van der Waals surface area contributed by atoms with Crippen molar-refractivity contribution >= 4 is 21.6 Å². The molecule has 3 heteroatoms. The Morgan fingerprint density at radius 3 is 2.82 bits per heavy atom. The zero-order valence-electron chi connectivity index (χ0n) is 10.6. The molecule has 0 radical (unpaired) electrons. The first-order chi connectivity index (χ1) is 8.11. The van der Waals surface area contributed by atoms with Crippen LogP contribution in [0.25, 0.3) is 0 Å². The number of piperidine rings is 1. The third-order valence-corrected chi connectivity index (χ3v) is 4.34. The third kappa shape index (κ3) is 2.83. The largest absolute Gasteiger partial charge is 0.369 e. The van der Waals surface area contributed by atoms with Gasteiger partial charge in [0.1, 0.15) is 0 Å². The quantitative estimate of drug-likeness (QED) is 0.905. The highest BCUT2D eigenvalue weighted by molar-refractivity contribution is 9.10. The fraction of sp³-hybridized carbons (Fsp3) is 0.571. The average Bonchev–Trinajstić information content (AvgIpc) is 2.31. The Kier molecular flexibility index (Phi) is 4.10. The molecule has 1 aliphatic rings. The molecule has 0 amide bonds. The first-order valence-corrected chi connectivity index (χ1v) is 7.17. The van der Waals surface area contributed by atoms with E-state index in [1.54, 1.807) is 0 Å². The zero-order chi connectivity index (χ0) is 12.4. The van der Waals surface area contributed by atoms with Crippen LogP contribution in [0.1, 0.15) is 32.3 Å². The maximum absolute atomic E-state index is 5.74. The van der Waals surface area contributed by atoms with E-state index in [0.717, 1.165) is 16.9 Å². The van der Waals surface area contributed by atoms with Gasteiger partial charge in [-0.3, -0.25) is 0 Å². The van der Waals surface area contributed by atoms with Crippen molar-refractivity contribution < 1.29 is 0 Å². The normalized spacial score (nSPS) is 25.1. The SMILES string of the molecule is CC1CCCN(c2cc(Br)cc(CN)c2)C1C. The van der Waals surface area contributed by atoms with Crippen molar-refractivity contribution in [1.29, 1.82) is 0 Å². The molecule has 1 heterocycles. The third-order valence-electron chi connectivity index (χ3n) is 3.88. The van der Waals surface area contributed by atoms with E-state index >= 15 is 0 Å². The van der Waals surface area contributed by atoms with E-state index in [-0.39, 0.29) is 0 Å². The first kappa shape index (κ1) is 12.9. The van der Waals surface area contributed by atoms with Crippen molar-refractivity contribution in [3.05, 3.63) is 28.2 Å². The molecule has 2 atom stereocenters. The second-order valence-electron chi connectivity index (χ2n) is 5.08. The Bertz CT molecular complexity index is 392. The minimum Gasteiger partial charge on any atom is -0.369 e. The topological polar surface area (TPSA) is 29.3 Å². The molecule has 2 unspecified atom stereocenters. The average molecular weight is 297 g/mol. The lowest BCUT2D eigenvalue weighted by molar-refractivity contribution is 0.363. The van der Waals surface area contributed by atoms with Crippen molar-refractivity contribution in [2.45, 2.75) is 39.3 Å². The van der Waals surface area contributed by atoms with E-state index in [1.165, 1.54) is 24.1 Å². The van der Waals surface area contributed by atoms with E-state index in [1.807, 2.05) is 0 Å². The van der Waals surface area contributed by atoms with Crippen LogP contribution >= 0.6 is 15.9 Å². The molecular weight excluding hydrogens is 276 g/mol. The molecular formula is C14H21BrN2. The summed E-state index contributed by atoms with van der Waals surface area (Å²) in [5.74, 6) is 0.768. The Balaban J connectivity index is 2.29. The van der Waals surface area contributed by atoms with Gasteiger partial charge in [-0.05, 0) is 49.4 Å². The number of halogens is 1. The lowest BCUT2D eigenvalue weighted by atomic mass is 9.91. The number of nitrogens with two attached hydrogens (primary N) is 1. The molecule has 2 N–H and O–H groups in total. The van der Waals surface area contributed by atoms with E-state index in [9.17, 15) is 0 Å². The van der Waals surface area contributed by atoms with Gasteiger partial charge >= 0.3 is 0 Å². The maximum Gasteiger partial charge on any atom is 0.0383 e.